The van der Waals surface area contributed by atoms with E-state index in [0.29, 0.717) is 12.0 Å². The molecule has 1 aliphatic carbocycles. The molecule has 1 fully saturated rings. The molecule has 4 N–H and O–H groups in total. The van der Waals surface area contributed by atoms with Crippen molar-refractivity contribution in [3.63, 3.8) is 0 Å². The Morgan fingerprint density at radius 2 is 2.28 bits per heavy atom. The molecule has 2 aromatic heterocycles. The van der Waals surface area contributed by atoms with Gasteiger partial charge in [-0.25, -0.2) is 4.52 Å². The predicted molar refractivity (Wildman–Crippen MR) is 95.4 cm³/mol. The quantitative estimate of drug-likeness (QED) is 0.552. The Morgan fingerprint density at radius 1 is 1.48 bits per heavy atom. The smallest absolute Gasteiger partial charge is 0.147 e. The molecule has 7 nitrogen and oxygen atoms in total. The standard InChI is InChI=1S/C18H22N6O/c19-8-7-13(25)10-12-4-1-2-5-15(12)23-17-14(18(20)21)11-22-24-9-3-6-16(17)24/h3,6,9,11-12,15,23H,1-2,4-5,7,10H2,(H3,20,21)/t12-,15+/m0/s1. The number of hydrogen-bond donors (Lipinski definition) is 3. The second kappa shape index (κ2) is 7.34. The van der Waals surface area contributed by atoms with Gasteiger partial charge in [0.05, 0.1) is 35.5 Å². The van der Waals surface area contributed by atoms with Crippen LogP contribution in [-0.4, -0.2) is 27.3 Å². The van der Waals surface area contributed by atoms with Crippen LogP contribution in [0.5, 0.6) is 0 Å². The van der Waals surface area contributed by atoms with Crippen molar-refractivity contribution in [2.45, 2.75) is 44.6 Å². The van der Waals surface area contributed by atoms with Gasteiger partial charge >= 0.3 is 0 Å². The predicted octanol–water partition coefficient (Wildman–Crippen LogP) is 2.46. The number of carbonyl (C=O) groups is 1. The van der Waals surface area contributed by atoms with Gasteiger partial charge in [-0.2, -0.15) is 10.4 Å². The molecule has 2 atom stereocenters. The number of carbonyl (C=O) groups excluding carboxylic acids is 1. The van der Waals surface area contributed by atoms with E-state index in [1.54, 1.807) is 10.7 Å². The van der Waals surface area contributed by atoms with E-state index in [1.165, 1.54) is 0 Å². The summed E-state index contributed by atoms with van der Waals surface area (Å²) in [6.45, 7) is 0. The van der Waals surface area contributed by atoms with Crippen molar-refractivity contribution >= 4 is 22.8 Å². The number of amidine groups is 1. The number of nitrogens with one attached hydrogen (secondary N) is 2. The van der Waals surface area contributed by atoms with E-state index in [9.17, 15) is 4.79 Å². The fourth-order valence-corrected chi connectivity index (χ4v) is 3.63. The number of nitrogens with two attached hydrogens (primary N) is 1. The van der Waals surface area contributed by atoms with Crippen molar-refractivity contribution in [1.29, 1.82) is 10.7 Å². The molecule has 1 aliphatic rings. The van der Waals surface area contributed by atoms with Crippen LogP contribution in [0, 0.1) is 22.7 Å². The van der Waals surface area contributed by atoms with Crippen LogP contribution in [0.15, 0.2) is 24.5 Å². The number of nitrogen functional groups attached to an aromatic ring is 1. The number of aromatic nitrogens is 2. The van der Waals surface area contributed by atoms with Gasteiger partial charge in [-0.1, -0.05) is 12.8 Å². The Balaban J connectivity index is 1.89. The van der Waals surface area contributed by atoms with E-state index in [4.69, 9.17) is 16.4 Å². The highest BCUT2D eigenvalue weighted by Gasteiger charge is 2.28. The maximum Gasteiger partial charge on any atom is 0.147 e. The van der Waals surface area contributed by atoms with Crippen LogP contribution in [-0.2, 0) is 4.79 Å². The molecule has 0 saturated heterocycles. The van der Waals surface area contributed by atoms with Gasteiger partial charge in [0, 0.05) is 18.7 Å². The monoisotopic (exact) mass is 338 g/mol. The molecule has 2 heterocycles. The van der Waals surface area contributed by atoms with Gasteiger partial charge in [0.15, 0.2) is 0 Å². The summed E-state index contributed by atoms with van der Waals surface area (Å²) in [6.07, 6.45) is 7.94. The van der Waals surface area contributed by atoms with Crippen molar-refractivity contribution in [3.05, 3.63) is 30.1 Å². The molecule has 0 radical (unpaired) electrons. The van der Waals surface area contributed by atoms with E-state index in [-0.39, 0.29) is 30.0 Å². The molecule has 0 aromatic carbocycles. The fraction of sp³-hybridized carbons (Fsp3) is 0.444. The number of fused-ring (bicyclic) bond motifs is 1. The summed E-state index contributed by atoms with van der Waals surface area (Å²) in [5.41, 5.74) is 7.96. The molecule has 0 spiro atoms. The minimum atomic E-state index is -0.0355. The minimum absolute atomic E-state index is 0.00412. The van der Waals surface area contributed by atoms with Crippen LogP contribution in [0.25, 0.3) is 5.52 Å². The lowest BCUT2D eigenvalue weighted by molar-refractivity contribution is -0.119. The second-order valence-electron chi connectivity index (χ2n) is 6.56. The van der Waals surface area contributed by atoms with Gasteiger partial charge in [0.25, 0.3) is 0 Å². The number of rotatable bonds is 6. The van der Waals surface area contributed by atoms with E-state index >= 15 is 0 Å². The molecule has 3 rings (SSSR count). The summed E-state index contributed by atoms with van der Waals surface area (Å²) < 4.78 is 1.74. The Bertz CT molecular complexity index is 834. The van der Waals surface area contributed by atoms with Crippen LogP contribution in [0.4, 0.5) is 5.69 Å². The molecule has 0 aliphatic heterocycles. The maximum atomic E-state index is 11.9. The highest BCUT2D eigenvalue weighted by atomic mass is 16.1. The SMILES string of the molecule is N#CCC(=O)C[C@@H]1CCCC[C@H]1Nc1c(C(=N)N)cnn2cccc12. The molecule has 0 amide bonds. The Morgan fingerprint density at radius 3 is 3.04 bits per heavy atom. The van der Waals surface area contributed by atoms with E-state index in [2.05, 4.69) is 10.4 Å². The van der Waals surface area contributed by atoms with E-state index < -0.39 is 0 Å². The lowest BCUT2D eigenvalue weighted by Crippen LogP contribution is -2.34. The Labute approximate surface area is 146 Å². The zero-order chi connectivity index (χ0) is 17.8. The van der Waals surface area contributed by atoms with Crippen molar-refractivity contribution in [2.24, 2.45) is 11.7 Å². The summed E-state index contributed by atoms with van der Waals surface area (Å²) in [7, 11) is 0. The van der Waals surface area contributed by atoms with Crippen LogP contribution >= 0.6 is 0 Å². The van der Waals surface area contributed by atoms with Crippen LogP contribution < -0.4 is 11.1 Å². The summed E-state index contributed by atoms with van der Waals surface area (Å²) in [5, 5.41) is 24.4. The zero-order valence-corrected chi connectivity index (χ0v) is 14.0. The van der Waals surface area contributed by atoms with Gasteiger partial charge in [-0.3, -0.25) is 10.2 Å². The minimum Gasteiger partial charge on any atom is -0.384 e. The summed E-state index contributed by atoms with van der Waals surface area (Å²) >= 11 is 0. The molecule has 130 valence electrons. The highest BCUT2D eigenvalue weighted by Crippen LogP contribution is 2.32. The van der Waals surface area contributed by atoms with Crippen molar-refractivity contribution < 1.29 is 4.79 Å². The molecule has 0 unspecified atom stereocenters. The second-order valence-corrected chi connectivity index (χ2v) is 6.56. The number of ketones is 1. The number of anilines is 1. The average Bonchev–Trinajstić information content (AvgIpc) is 3.06. The van der Waals surface area contributed by atoms with Crippen molar-refractivity contribution in [2.75, 3.05) is 5.32 Å². The first-order valence-electron chi connectivity index (χ1n) is 8.56. The maximum absolute atomic E-state index is 11.9. The van der Waals surface area contributed by atoms with Crippen molar-refractivity contribution in [3.8, 4) is 6.07 Å². The van der Waals surface area contributed by atoms with Gasteiger partial charge in [-0.15, -0.1) is 0 Å². The number of hydrogen-bond acceptors (Lipinski definition) is 5. The van der Waals surface area contributed by atoms with Gasteiger partial charge in [0.2, 0.25) is 0 Å². The third-order valence-electron chi connectivity index (χ3n) is 4.86. The fourth-order valence-electron chi connectivity index (χ4n) is 3.63. The molecule has 25 heavy (non-hydrogen) atoms. The van der Waals surface area contributed by atoms with E-state index in [1.807, 2.05) is 24.4 Å². The summed E-state index contributed by atoms with van der Waals surface area (Å²) in [6, 6.07) is 5.89. The van der Waals surface area contributed by atoms with Gasteiger partial charge in [0.1, 0.15) is 11.6 Å². The highest BCUT2D eigenvalue weighted by molar-refractivity contribution is 6.03. The Kier molecular flexibility index (Phi) is 4.98. The lowest BCUT2D eigenvalue weighted by atomic mass is 9.81. The molecule has 7 heteroatoms. The third-order valence-corrected chi connectivity index (χ3v) is 4.86. The average molecular weight is 338 g/mol. The molecular weight excluding hydrogens is 316 g/mol. The summed E-state index contributed by atoms with van der Waals surface area (Å²) in [4.78, 5) is 11.9. The molecule has 1 saturated carbocycles. The number of Topliss-reactive ketones (excluding diaryl/α,β-unsaturated/α-hetero) is 1. The van der Waals surface area contributed by atoms with Crippen molar-refractivity contribution in [1.82, 2.24) is 9.61 Å². The third kappa shape index (κ3) is 3.63. The van der Waals surface area contributed by atoms with E-state index in [0.717, 1.165) is 36.9 Å². The van der Waals surface area contributed by atoms with Gasteiger partial charge in [-0.05, 0) is 30.9 Å². The lowest BCUT2D eigenvalue weighted by Gasteiger charge is -2.33. The first-order chi connectivity index (χ1) is 12.1. The first kappa shape index (κ1) is 17.0. The number of nitriles is 1. The molecule has 0 bridgehead atoms. The zero-order valence-electron chi connectivity index (χ0n) is 14.0. The van der Waals surface area contributed by atoms with Crippen LogP contribution in [0.2, 0.25) is 0 Å². The summed E-state index contributed by atoms with van der Waals surface area (Å²) in [5.74, 6) is 0.153. The largest absolute Gasteiger partial charge is 0.384 e. The molecular formula is C18H22N6O. The normalized spacial score (nSPS) is 20.1. The van der Waals surface area contributed by atoms with Gasteiger partial charge < -0.3 is 11.1 Å². The van der Waals surface area contributed by atoms with Crippen LogP contribution in [0.3, 0.4) is 0 Å². The first-order valence-corrected chi connectivity index (χ1v) is 8.56. The number of nitrogens with zero attached hydrogens (tertiary/aromatic N) is 3. The topological polar surface area (TPSA) is 120 Å². The molecule has 2 aromatic rings. The Hall–Kier alpha value is -2.88. The van der Waals surface area contributed by atoms with Crippen LogP contribution in [0.1, 0.15) is 44.1 Å².